The Morgan fingerprint density at radius 2 is 1.77 bits per heavy atom. The summed E-state index contributed by atoms with van der Waals surface area (Å²) in [5, 5.41) is 1.23. The van der Waals surface area contributed by atoms with Crippen LogP contribution in [0.3, 0.4) is 0 Å². The minimum Gasteiger partial charge on any atom is -0.477 e. The fraction of sp³-hybridized carbons (Fsp3) is 0.250. The van der Waals surface area contributed by atoms with Crippen LogP contribution in [-0.2, 0) is 0 Å². The number of nitrogen functional groups attached to an aromatic ring is 1. The molecule has 3 aromatic rings. The van der Waals surface area contributed by atoms with Crippen molar-refractivity contribution in [3.8, 4) is 5.88 Å². The summed E-state index contributed by atoms with van der Waals surface area (Å²) in [6, 6.07) is 18.3. The third kappa shape index (κ3) is 4.78. The summed E-state index contributed by atoms with van der Waals surface area (Å²) < 4.78 is 6.02. The highest BCUT2D eigenvalue weighted by Crippen LogP contribution is 2.43. The Kier molecular flexibility index (Phi) is 6.08. The van der Waals surface area contributed by atoms with Crippen LogP contribution < -0.4 is 10.5 Å². The van der Waals surface area contributed by atoms with Crippen molar-refractivity contribution in [3.63, 3.8) is 0 Å². The van der Waals surface area contributed by atoms with Crippen LogP contribution in [-0.4, -0.2) is 35.5 Å². The van der Waals surface area contributed by atoms with Gasteiger partial charge in [0, 0.05) is 53.0 Å². The van der Waals surface area contributed by atoms with Crippen molar-refractivity contribution in [3.05, 3.63) is 88.0 Å². The third-order valence-corrected chi connectivity index (χ3v) is 6.24. The SMILES string of the molecule is CC1(COc2ccc(Cl)cn2)CN(C(=O)c2ccc(N)cc2)CC1c1ccc(Cl)cc1. The molecule has 2 atom stereocenters. The zero-order valence-electron chi connectivity index (χ0n) is 17.1. The Bertz CT molecular complexity index is 1060. The monoisotopic (exact) mass is 455 g/mol. The normalized spacial score (nSPS) is 20.6. The van der Waals surface area contributed by atoms with Crippen molar-refractivity contribution >= 4 is 34.8 Å². The largest absolute Gasteiger partial charge is 0.477 e. The van der Waals surface area contributed by atoms with Gasteiger partial charge in [0.1, 0.15) is 0 Å². The smallest absolute Gasteiger partial charge is 0.253 e. The molecule has 2 heterocycles. The van der Waals surface area contributed by atoms with E-state index >= 15 is 0 Å². The Hall–Kier alpha value is -2.76. The van der Waals surface area contributed by atoms with Gasteiger partial charge in [0.25, 0.3) is 5.91 Å². The number of anilines is 1. The van der Waals surface area contributed by atoms with E-state index in [0.29, 0.717) is 46.9 Å². The quantitative estimate of drug-likeness (QED) is 0.530. The molecule has 0 radical (unpaired) electrons. The lowest BCUT2D eigenvalue weighted by atomic mass is 9.77. The topological polar surface area (TPSA) is 68.5 Å². The first-order valence-electron chi connectivity index (χ1n) is 9.99. The maximum Gasteiger partial charge on any atom is 0.253 e. The van der Waals surface area contributed by atoms with E-state index in [9.17, 15) is 4.79 Å². The van der Waals surface area contributed by atoms with E-state index in [-0.39, 0.29) is 17.2 Å². The Labute approximate surface area is 191 Å². The fourth-order valence-electron chi connectivity index (χ4n) is 4.05. The van der Waals surface area contributed by atoms with E-state index in [4.69, 9.17) is 33.7 Å². The van der Waals surface area contributed by atoms with Crippen LogP contribution in [0.4, 0.5) is 5.69 Å². The molecule has 1 aromatic heterocycles. The molecule has 7 heteroatoms. The highest BCUT2D eigenvalue weighted by molar-refractivity contribution is 6.30. The molecule has 2 aromatic carbocycles. The van der Waals surface area contributed by atoms with Crippen LogP contribution in [0.1, 0.15) is 28.8 Å². The molecule has 0 aliphatic carbocycles. The lowest BCUT2D eigenvalue weighted by Gasteiger charge is -2.30. The second kappa shape index (κ2) is 8.77. The molecular formula is C24H23Cl2N3O2. The summed E-state index contributed by atoms with van der Waals surface area (Å²) in [5.74, 6) is 0.561. The molecule has 1 aliphatic rings. The van der Waals surface area contributed by atoms with E-state index in [2.05, 4.69) is 11.9 Å². The number of amides is 1. The molecule has 1 fully saturated rings. The van der Waals surface area contributed by atoms with Gasteiger partial charge in [-0.3, -0.25) is 4.79 Å². The molecule has 1 amide bonds. The molecule has 4 rings (SSSR count). The number of nitrogens with two attached hydrogens (primary N) is 1. The highest BCUT2D eigenvalue weighted by Gasteiger charge is 2.46. The van der Waals surface area contributed by atoms with Crippen LogP contribution in [0.5, 0.6) is 5.88 Å². The molecule has 2 unspecified atom stereocenters. The number of halogens is 2. The third-order valence-electron chi connectivity index (χ3n) is 5.76. The number of benzene rings is 2. The number of carbonyl (C=O) groups excluding carboxylic acids is 1. The zero-order chi connectivity index (χ0) is 22.0. The molecule has 1 saturated heterocycles. The molecule has 2 N–H and O–H groups in total. The first kappa shape index (κ1) is 21.5. The van der Waals surface area contributed by atoms with Gasteiger partial charge in [0.15, 0.2) is 0 Å². The molecule has 1 aliphatic heterocycles. The zero-order valence-corrected chi connectivity index (χ0v) is 18.6. The summed E-state index contributed by atoms with van der Waals surface area (Å²) in [4.78, 5) is 19.3. The number of carbonyl (C=O) groups is 1. The van der Waals surface area contributed by atoms with Gasteiger partial charge in [0.2, 0.25) is 5.88 Å². The summed E-state index contributed by atoms with van der Waals surface area (Å²) in [6.07, 6.45) is 1.56. The van der Waals surface area contributed by atoms with Gasteiger partial charge in [-0.25, -0.2) is 4.98 Å². The maximum absolute atomic E-state index is 13.2. The lowest BCUT2D eigenvalue weighted by molar-refractivity contribution is 0.0758. The second-order valence-electron chi connectivity index (χ2n) is 8.17. The Morgan fingerprint density at radius 1 is 1.10 bits per heavy atom. The highest BCUT2D eigenvalue weighted by atomic mass is 35.5. The summed E-state index contributed by atoms with van der Waals surface area (Å²) in [6.45, 7) is 3.68. The van der Waals surface area contributed by atoms with Crippen molar-refractivity contribution in [2.45, 2.75) is 12.8 Å². The number of likely N-dealkylation sites (tertiary alicyclic amines) is 1. The van der Waals surface area contributed by atoms with E-state index in [1.54, 1.807) is 42.6 Å². The molecule has 0 saturated carbocycles. The molecule has 160 valence electrons. The minimum absolute atomic E-state index is 0.0210. The predicted molar refractivity (Wildman–Crippen MR) is 124 cm³/mol. The Balaban J connectivity index is 1.59. The first-order valence-corrected chi connectivity index (χ1v) is 10.7. The number of hydrogen-bond donors (Lipinski definition) is 1. The molecule has 0 bridgehead atoms. The maximum atomic E-state index is 13.2. The van der Waals surface area contributed by atoms with E-state index in [1.165, 1.54) is 0 Å². The second-order valence-corrected chi connectivity index (χ2v) is 9.04. The van der Waals surface area contributed by atoms with Crippen LogP contribution in [0.25, 0.3) is 0 Å². The van der Waals surface area contributed by atoms with Crippen LogP contribution >= 0.6 is 23.2 Å². The van der Waals surface area contributed by atoms with Crippen molar-refractivity contribution in [1.29, 1.82) is 0 Å². The standard InChI is InChI=1S/C24H23Cl2N3O2/c1-24(15-31-22-11-8-19(26)12-28-22)14-29(23(30)17-4-9-20(27)10-5-17)13-21(24)16-2-6-18(25)7-3-16/h2-12,21H,13-15,27H2,1H3. The number of hydrogen-bond acceptors (Lipinski definition) is 4. The van der Waals surface area contributed by atoms with Gasteiger partial charge in [-0.2, -0.15) is 0 Å². The van der Waals surface area contributed by atoms with Crippen molar-refractivity contribution in [1.82, 2.24) is 9.88 Å². The fourth-order valence-corrected chi connectivity index (χ4v) is 4.29. The van der Waals surface area contributed by atoms with Gasteiger partial charge in [-0.1, -0.05) is 42.3 Å². The van der Waals surface area contributed by atoms with E-state index in [1.807, 2.05) is 29.2 Å². The molecular weight excluding hydrogens is 433 g/mol. The average Bonchev–Trinajstić information content (AvgIpc) is 3.12. The van der Waals surface area contributed by atoms with Crippen molar-refractivity contribution < 1.29 is 9.53 Å². The van der Waals surface area contributed by atoms with Crippen molar-refractivity contribution in [2.75, 3.05) is 25.4 Å². The summed E-state index contributed by atoms with van der Waals surface area (Å²) >= 11 is 12.0. The van der Waals surface area contributed by atoms with Crippen molar-refractivity contribution in [2.24, 2.45) is 5.41 Å². The van der Waals surface area contributed by atoms with Crippen LogP contribution in [0.15, 0.2) is 66.9 Å². The minimum atomic E-state index is -0.321. The molecule has 31 heavy (non-hydrogen) atoms. The molecule has 5 nitrogen and oxygen atoms in total. The average molecular weight is 456 g/mol. The number of nitrogens with zero attached hydrogens (tertiary/aromatic N) is 2. The predicted octanol–water partition coefficient (Wildman–Crippen LogP) is 5.30. The number of aromatic nitrogens is 1. The Morgan fingerprint density at radius 3 is 2.42 bits per heavy atom. The first-order chi connectivity index (χ1) is 14.8. The number of pyridine rings is 1. The van der Waals surface area contributed by atoms with Gasteiger partial charge < -0.3 is 15.4 Å². The molecule has 0 spiro atoms. The van der Waals surface area contributed by atoms with E-state index in [0.717, 1.165) is 5.56 Å². The van der Waals surface area contributed by atoms with Gasteiger partial charge in [-0.15, -0.1) is 0 Å². The number of ether oxygens (including phenoxy) is 1. The summed E-state index contributed by atoms with van der Waals surface area (Å²) in [5.41, 5.74) is 7.82. The van der Waals surface area contributed by atoms with Gasteiger partial charge in [0.05, 0.1) is 11.6 Å². The van der Waals surface area contributed by atoms with Crippen LogP contribution in [0.2, 0.25) is 10.0 Å². The lowest BCUT2D eigenvalue weighted by Crippen LogP contribution is -2.35. The van der Waals surface area contributed by atoms with Crippen LogP contribution in [0, 0.1) is 5.41 Å². The summed E-state index contributed by atoms with van der Waals surface area (Å²) in [7, 11) is 0. The number of rotatable bonds is 5. The van der Waals surface area contributed by atoms with E-state index < -0.39 is 0 Å². The van der Waals surface area contributed by atoms with Gasteiger partial charge >= 0.3 is 0 Å². The van der Waals surface area contributed by atoms with Gasteiger partial charge in [-0.05, 0) is 48.0 Å².